The van der Waals surface area contributed by atoms with Crippen molar-refractivity contribution in [2.75, 3.05) is 7.11 Å². The third-order valence-electron chi connectivity index (χ3n) is 3.80. The second-order valence-electron chi connectivity index (χ2n) is 5.16. The van der Waals surface area contributed by atoms with Gasteiger partial charge >= 0.3 is 0 Å². The second kappa shape index (κ2) is 4.50. The molecule has 2 nitrogen and oxygen atoms in total. The van der Waals surface area contributed by atoms with Crippen molar-refractivity contribution in [2.45, 2.75) is 32.3 Å². The third-order valence-corrected chi connectivity index (χ3v) is 3.80. The van der Waals surface area contributed by atoms with Crippen LogP contribution in [0.5, 0.6) is 5.75 Å². The SMILES string of the molecule is COc1c(C2[CH]OC(C)(C)C2C)ccc(F)c1F. The van der Waals surface area contributed by atoms with Crippen LogP contribution >= 0.6 is 0 Å². The summed E-state index contributed by atoms with van der Waals surface area (Å²) in [5.74, 6) is -1.84. The fraction of sp³-hybridized carbons (Fsp3) is 0.500. The van der Waals surface area contributed by atoms with Crippen LogP contribution in [-0.4, -0.2) is 12.7 Å². The van der Waals surface area contributed by atoms with Crippen molar-refractivity contribution >= 4 is 0 Å². The summed E-state index contributed by atoms with van der Waals surface area (Å²) in [6, 6.07) is 2.68. The highest BCUT2D eigenvalue weighted by molar-refractivity contribution is 5.40. The summed E-state index contributed by atoms with van der Waals surface area (Å²) in [6.07, 6.45) is 0. The zero-order valence-electron chi connectivity index (χ0n) is 11.0. The van der Waals surface area contributed by atoms with Gasteiger partial charge in [-0.2, -0.15) is 4.39 Å². The first kappa shape index (κ1) is 13.3. The average molecular weight is 255 g/mol. The molecule has 2 atom stereocenters. The van der Waals surface area contributed by atoms with Crippen molar-refractivity contribution in [2.24, 2.45) is 5.92 Å². The lowest BCUT2D eigenvalue weighted by Crippen LogP contribution is -2.26. The Morgan fingerprint density at radius 3 is 2.44 bits per heavy atom. The maximum atomic E-state index is 13.7. The van der Waals surface area contributed by atoms with E-state index in [0.29, 0.717) is 5.56 Å². The molecule has 4 heteroatoms. The maximum Gasteiger partial charge on any atom is 0.200 e. The second-order valence-corrected chi connectivity index (χ2v) is 5.16. The van der Waals surface area contributed by atoms with E-state index in [2.05, 4.69) is 0 Å². The van der Waals surface area contributed by atoms with E-state index in [1.54, 1.807) is 12.7 Å². The maximum absolute atomic E-state index is 13.7. The predicted molar refractivity (Wildman–Crippen MR) is 64.3 cm³/mol. The van der Waals surface area contributed by atoms with Crippen LogP contribution in [0.3, 0.4) is 0 Å². The Morgan fingerprint density at radius 1 is 1.28 bits per heavy atom. The van der Waals surface area contributed by atoms with Crippen LogP contribution in [0, 0.1) is 24.2 Å². The van der Waals surface area contributed by atoms with Crippen molar-refractivity contribution in [3.8, 4) is 5.75 Å². The fourth-order valence-corrected chi connectivity index (χ4v) is 2.27. The van der Waals surface area contributed by atoms with Gasteiger partial charge in [-0.15, -0.1) is 0 Å². The zero-order chi connectivity index (χ0) is 13.5. The standard InChI is InChI=1S/C14H17F2O2/c1-8-10(7-18-14(8,2)3)9-5-6-11(15)12(16)13(9)17-4/h5-8,10H,1-4H3. The predicted octanol–water partition coefficient (Wildman–Crippen LogP) is 3.66. The van der Waals surface area contributed by atoms with E-state index in [1.165, 1.54) is 7.11 Å². The van der Waals surface area contributed by atoms with Crippen LogP contribution in [-0.2, 0) is 4.74 Å². The molecule has 0 bridgehead atoms. The first-order valence-corrected chi connectivity index (χ1v) is 5.91. The summed E-state index contributed by atoms with van der Waals surface area (Å²) in [7, 11) is 1.34. The Bertz CT molecular complexity index is 457. The number of benzene rings is 1. The van der Waals surface area contributed by atoms with E-state index in [0.717, 1.165) is 6.07 Å². The lowest BCUT2D eigenvalue weighted by Gasteiger charge is -2.25. The smallest absolute Gasteiger partial charge is 0.200 e. The number of hydrogen-bond donors (Lipinski definition) is 0. The first-order valence-electron chi connectivity index (χ1n) is 5.91. The Morgan fingerprint density at radius 2 is 1.94 bits per heavy atom. The number of rotatable bonds is 2. The van der Waals surface area contributed by atoms with Crippen LogP contribution < -0.4 is 4.74 Å². The highest BCUT2D eigenvalue weighted by atomic mass is 19.2. The molecule has 0 saturated carbocycles. The molecule has 1 fully saturated rings. The van der Waals surface area contributed by atoms with E-state index in [-0.39, 0.29) is 23.2 Å². The van der Waals surface area contributed by atoms with Gasteiger partial charge in [0.1, 0.15) is 0 Å². The average Bonchev–Trinajstić information content (AvgIpc) is 2.58. The molecule has 0 aliphatic carbocycles. The minimum atomic E-state index is -0.944. The molecule has 0 amide bonds. The summed E-state index contributed by atoms with van der Waals surface area (Å²) >= 11 is 0. The molecule has 1 aromatic rings. The van der Waals surface area contributed by atoms with Gasteiger partial charge in [0, 0.05) is 11.5 Å². The number of halogens is 2. The molecule has 0 aromatic heterocycles. The van der Waals surface area contributed by atoms with Gasteiger partial charge in [-0.05, 0) is 25.8 Å². The highest BCUT2D eigenvalue weighted by Crippen LogP contribution is 2.47. The Balaban J connectivity index is 2.44. The third kappa shape index (κ3) is 1.99. The zero-order valence-corrected chi connectivity index (χ0v) is 11.0. The molecule has 0 N–H and O–H groups in total. The van der Waals surface area contributed by atoms with Gasteiger partial charge in [0.2, 0.25) is 5.82 Å². The molecule has 0 spiro atoms. The van der Waals surface area contributed by atoms with Crippen LogP contribution in [0.25, 0.3) is 0 Å². The molecular formula is C14H17F2O2. The number of ether oxygens (including phenoxy) is 2. The van der Waals surface area contributed by atoms with Gasteiger partial charge in [-0.3, -0.25) is 0 Å². The molecular weight excluding hydrogens is 238 g/mol. The molecule has 1 heterocycles. The van der Waals surface area contributed by atoms with Gasteiger partial charge in [-0.25, -0.2) is 4.39 Å². The summed E-state index contributed by atoms with van der Waals surface area (Å²) in [6.45, 7) is 7.65. The molecule has 2 rings (SSSR count). The molecule has 2 unspecified atom stereocenters. The van der Waals surface area contributed by atoms with E-state index in [9.17, 15) is 8.78 Å². The number of hydrogen-bond acceptors (Lipinski definition) is 2. The monoisotopic (exact) mass is 255 g/mol. The van der Waals surface area contributed by atoms with Crippen molar-refractivity contribution in [3.05, 3.63) is 35.9 Å². The van der Waals surface area contributed by atoms with Crippen LogP contribution in [0.1, 0.15) is 32.3 Å². The summed E-state index contributed by atoms with van der Waals surface area (Å²) in [5.41, 5.74) is 0.301. The van der Waals surface area contributed by atoms with Gasteiger partial charge in [0.05, 0.1) is 19.3 Å². The molecule has 1 aliphatic rings. The molecule has 1 aromatic carbocycles. The van der Waals surface area contributed by atoms with Crippen LogP contribution in [0.15, 0.2) is 12.1 Å². The normalized spacial score (nSPS) is 26.3. The Labute approximate surface area is 106 Å². The highest BCUT2D eigenvalue weighted by Gasteiger charge is 2.42. The Hall–Kier alpha value is -1.16. The van der Waals surface area contributed by atoms with E-state index >= 15 is 0 Å². The van der Waals surface area contributed by atoms with Crippen LogP contribution in [0.2, 0.25) is 0 Å². The minimum absolute atomic E-state index is 0.0376. The number of methoxy groups -OCH3 is 1. The summed E-state index contributed by atoms with van der Waals surface area (Å²) in [5, 5.41) is 0. The van der Waals surface area contributed by atoms with E-state index in [4.69, 9.17) is 9.47 Å². The van der Waals surface area contributed by atoms with Gasteiger partial charge in [0.15, 0.2) is 11.6 Å². The van der Waals surface area contributed by atoms with E-state index < -0.39 is 11.6 Å². The quantitative estimate of drug-likeness (QED) is 0.802. The molecule has 18 heavy (non-hydrogen) atoms. The first-order chi connectivity index (χ1) is 8.38. The van der Waals surface area contributed by atoms with Crippen molar-refractivity contribution in [3.63, 3.8) is 0 Å². The van der Waals surface area contributed by atoms with Gasteiger partial charge < -0.3 is 9.47 Å². The van der Waals surface area contributed by atoms with E-state index in [1.807, 2.05) is 20.8 Å². The minimum Gasteiger partial charge on any atom is -0.493 e. The molecule has 1 radical (unpaired) electrons. The molecule has 99 valence electrons. The van der Waals surface area contributed by atoms with Crippen LogP contribution in [0.4, 0.5) is 8.78 Å². The Kier molecular flexibility index (Phi) is 3.32. The largest absolute Gasteiger partial charge is 0.493 e. The topological polar surface area (TPSA) is 18.5 Å². The van der Waals surface area contributed by atoms with Crippen molar-refractivity contribution < 1.29 is 18.3 Å². The summed E-state index contributed by atoms with van der Waals surface area (Å²) in [4.78, 5) is 0. The van der Waals surface area contributed by atoms with Gasteiger partial charge in [0.25, 0.3) is 0 Å². The summed E-state index contributed by atoms with van der Waals surface area (Å²) < 4.78 is 37.5. The van der Waals surface area contributed by atoms with Gasteiger partial charge in [-0.1, -0.05) is 13.0 Å². The van der Waals surface area contributed by atoms with Crippen molar-refractivity contribution in [1.82, 2.24) is 0 Å². The fourth-order valence-electron chi connectivity index (χ4n) is 2.27. The van der Waals surface area contributed by atoms with Crippen molar-refractivity contribution in [1.29, 1.82) is 0 Å². The molecule has 1 saturated heterocycles. The lowest BCUT2D eigenvalue weighted by molar-refractivity contribution is 0.0429. The lowest BCUT2D eigenvalue weighted by atomic mass is 9.81. The molecule has 1 aliphatic heterocycles.